The number of hydrogen-bond donors (Lipinski definition) is 0. The molecule has 12 aromatic rings. The maximum atomic E-state index is 7.27. The Morgan fingerprint density at radius 2 is 0.402 bits per heavy atom. The average Bonchev–Trinajstić information content (AvgIpc) is 1.62. The minimum Gasteiger partial charge on any atom is -0.489 e. The first kappa shape index (κ1) is 74.1. The molecule has 0 saturated carbocycles. The zero-order valence-electron chi connectivity index (χ0n) is 60.4. The fourth-order valence-electron chi connectivity index (χ4n) is 12.3. The Kier molecular flexibility index (Phi) is 26.8. The van der Waals surface area contributed by atoms with Gasteiger partial charge < -0.3 is 66.3 Å². The predicted molar refractivity (Wildman–Crippen MR) is 412 cm³/mol. The first-order valence-electron chi connectivity index (χ1n) is 36.3. The Bertz CT molecular complexity index is 4060. The lowest BCUT2D eigenvalue weighted by atomic mass is 10.0. The van der Waals surface area contributed by atoms with Gasteiger partial charge in [-0.1, -0.05) is 243 Å². The van der Waals surface area contributed by atoms with Crippen molar-refractivity contribution in [2.45, 2.75) is 123 Å². The molecule has 13 rings (SSSR count). The van der Waals surface area contributed by atoms with Crippen LogP contribution < -0.4 is 37.9 Å². The zero-order valence-corrected chi connectivity index (χ0v) is 60.4. The summed E-state index contributed by atoms with van der Waals surface area (Å²) in [5, 5.41) is 0. The quantitative estimate of drug-likeness (QED) is 0.0361. The van der Waals surface area contributed by atoms with E-state index in [0.717, 1.165) is 66.8 Å². The summed E-state index contributed by atoms with van der Waals surface area (Å²) < 4.78 is 94.7. The molecule has 546 valence electrons. The molecule has 1 fully saturated rings. The Balaban J connectivity index is 0.830. The van der Waals surface area contributed by atoms with Crippen LogP contribution in [0.5, 0.6) is 46.0 Å². The number of rotatable bonds is 40. The summed E-state index contributed by atoms with van der Waals surface area (Å²) in [5.41, 5.74) is 11.4. The maximum absolute atomic E-state index is 7.27. The lowest BCUT2D eigenvalue weighted by Crippen LogP contribution is -2.47. The molecule has 107 heavy (non-hydrogen) atoms. The lowest BCUT2D eigenvalue weighted by molar-refractivity contribution is -0.172. The molecular formula is C93H90O14. The van der Waals surface area contributed by atoms with Crippen LogP contribution in [0.4, 0.5) is 0 Å². The van der Waals surface area contributed by atoms with Crippen molar-refractivity contribution >= 4 is 0 Å². The fourth-order valence-corrected chi connectivity index (χ4v) is 12.3. The molecular weight excluding hydrogens is 1340 g/mol. The molecule has 0 amide bonds. The maximum Gasteiger partial charge on any atom is 0.164 e. The van der Waals surface area contributed by atoms with Crippen LogP contribution in [0.2, 0.25) is 0 Å². The number of ether oxygens (including phenoxy) is 14. The molecule has 14 heteroatoms. The van der Waals surface area contributed by atoms with Gasteiger partial charge in [0.15, 0.2) is 5.79 Å². The number of hydrogen-bond acceptors (Lipinski definition) is 14. The summed E-state index contributed by atoms with van der Waals surface area (Å²) in [7, 11) is 0. The molecule has 0 aliphatic carbocycles. The van der Waals surface area contributed by atoms with Gasteiger partial charge in [0.05, 0.1) is 39.6 Å². The topological polar surface area (TPSA) is 129 Å². The largest absolute Gasteiger partial charge is 0.489 e. The van der Waals surface area contributed by atoms with Gasteiger partial charge in [-0.25, -0.2) is 0 Å². The molecule has 1 aliphatic rings. The third-order valence-electron chi connectivity index (χ3n) is 17.7. The highest BCUT2D eigenvalue weighted by molar-refractivity contribution is 5.43. The van der Waals surface area contributed by atoms with E-state index >= 15 is 0 Å². The van der Waals surface area contributed by atoms with E-state index in [4.69, 9.17) is 66.3 Å². The van der Waals surface area contributed by atoms with E-state index in [1.807, 2.05) is 329 Å². The highest BCUT2D eigenvalue weighted by Crippen LogP contribution is 2.37. The van der Waals surface area contributed by atoms with Crippen molar-refractivity contribution in [2.75, 3.05) is 13.2 Å². The third-order valence-corrected chi connectivity index (χ3v) is 17.7. The SMILES string of the molecule is CC1(C)O[C@H]([C@@H](COCc2cc(OCc3ccccc3)cc(OCc3ccccc3)c2)OCc2cc(OCc3ccccc3)cc(OCc3ccccc3)c2)[C@@H]([C@@H](COCc2cc(OCc3ccccc3)cc(OCc3ccccc3)c2)OCc2cc(OCc3ccccc3)cc(OCc3ccccc3)c2)O1. The summed E-state index contributed by atoms with van der Waals surface area (Å²) in [6.45, 7) is 7.16. The van der Waals surface area contributed by atoms with E-state index in [-0.39, 0.29) is 39.6 Å². The molecule has 1 heterocycles. The van der Waals surface area contributed by atoms with Gasteiger partial charge in [-0.05, 0) is 129 Å². The van der Waals surface area contributed by atoms with Gasteiger partial charge in [-0.2, -0.15) is 0 Å². The summed E-state index contributed by atoms with van der Waals surface area (Å²) >= 11 is 0. The minimum absolute atomic E-state index is 0.0372. The Hall–Kier alpha value is -11.2. The van der Waals surface area contributed by atoms with Gasteiger partial charge in [-0.3, -0.25) is 0 Å². The monoisotopic (exact) mass is 1430 g/mol. The van der Waals surface area contributed by atoms with Crippen molar-refractivity contribution in [2.24, 2.45) is 0 Å². The van der Waals surface area contributed by atoms with E-state index < -0.39 is 30.2 Å². The lowest BCUT2D eigenvalue weighted by Gasteiger charge is -2.31. The molecule has 0 unspecified atom stereocenters. The minimum atomic E-state index is -1.16. The van der Waals surface area contributed by atoms with Crippen molar-refractivity contribution in [3.8, 4) is 46.0 Å². The summed E-state index contributed by atoms with van der Waals surface area (Å²) in [4.78, 5) is 0. The Labute approximate surface area is 627 Å². The molecule has 12 aromatic carbocycles. The average molecular weight is 1430 g/mol. The predicted octanol–water partition coefficient (Wildman–Crippen LogP) is 19.7. The molecule has 14 nitrogen and oxygen atoms in total. The standard InChI is InChI=1S/C93H90O14/c1-93(2)106-91(89(104-65-79-47-85(100-61-73-35-19-7-20-36-73)53-86(48-79)101-62-74-37-21-8-22-38-74)67-94-55-77-43-81(96-57-69-27-11-3-12-28-69)51-82(44-77)97-58-70-29-13-4-14-30-70)92(107-93)90(105-66-80-49-87(102-63-75-39-23-9-24-40-75)54-88(50-80)103-64-76-41-25-10-26-42-76)68-95-56-78-45-83(98-59-71-31-15-5-16-32-71)52-84(46-78)99-60-72-33-17-6-18-34-72/h3-54,89-92H,55-68H2,1-2H3/t89-,90-,91-,92-/m1/s1. The van der Waals surface area contributed by atoms with E-state index in [0.29, 0.717) is 98.9 Å². The third kappa shape index (κ3) is 23.9. The van der Waals surface area contributed by atoms with E-state index in [9.17, 15) is 0 Å². The highest BCUT2D eigenvalue weighted by Gasteiger charge is 2.50. The van der Waals surface area contributed by atoms with Crippen LogP contribution in [0.25, 0.3) is 0 Å². The second kappa shape index (κ2) is 38.7. The summed E-state index contributed by atoms with van der Waals surface area (Å²) in [6.07, 6.45) is -3.27. The van der Waals surface area contributed by atoms with Gasteiger partial charge in [-0.15, -0.1) is 0 Å². The number of benzene rings is 12. The van der Waals surface area contributed by atoms with Crippen LogP contribution in [-0.4, -0.2) is 43.4 Å². The Morgan fingerprint density at radius 3 is 0.589 bits per heavy atom. The van der Waals surface area contributed by atoms with E-state index in [2.05, 4.69) is 0 Å². The van der Waals surface area contributed by atoms with Crippen LogP contribution >= 0.6 is 0 Å². The molecule has 4 atom stereocenters. The smallest absolute Gasteiger partial charge is 0.164 e. The van der Waals surface area contributed by atoms with Crippen molar-refractivity contribution < 1.29 is 66.3 Å². The van der Waals surface area contributed by atoms with Crippen molar-refractivity contribution in [1.29, 1.82) is 0 Å². The molecule has 0 bridgehead atoms. The van der Waals surface area contributed by atoms with E-state index in [1.165, 1.54) is 0 Å². The Morgan fingerprint density at radius 1 is 0.224 bits per heavy atom. The van der Waals surface area contributed by atoms with Crippen LogP contribution in [0.1, 0.15) is 80.6 Å². The molecule has 0 N–H and O–H groups in total. The van der Waals surface area contributed by atoms with Crippen molar-refractivity contribution in [3.63, 3.8) is 0 Å². The zero-order chi connectivity index (χ0) is 72.9. The van der Waals surface area contributed by atoms with Crippen LogP contribution in [0.15, 0.2) is 315 Å². The van der Waals surface area contributed by atoms with Gasteiger partial charge >= 0.3 is 0 Å². The van der Waals surface area contributed by atoms with Crippen LogP contribution in [-0.2, 0) is 108 Å². The first-order valence-corrected chi connectivity index (χ1v) is 36.3. The molecule has 1 saturated heterocycles. The van der Waals surface area contributed by atoms with E-state index in [1.54, 1.807) is 0 Å². The van der Waals surface area contributed by atoms with Gasteiger partial charge in [0.2, 0.25) is 0 Å². The normalized spacial score (nSPS) is 14.3. The second-order valence-electron chi connectivity index (χ2n) is 26.7. The highest BCUT2D eigenvalue weighted by atomic mass is 16.8. The van der Waals surface area contributed by atoms with Crippen LogP contribution in [0, 0.1) is 0 Å². The fraction of sp³-hybridized carbons (Fsp3) is 0.226. The molecule has 0 radical (unpaired) electrons. The first-order chi connectivity index (χ1) is 52.7. The summed E-state index contributed by atoms with van der Waals surface area (Å²) in [6, 6.07) is 104. The van der Waals surface area contributed by atoms with Gasteiger partial charge in [0, 0.05) is 24.3 Å². The second-order valence-corrected chi connectivity index (χ2v) is 26.7. The van der Waals surface area contributed by atoms with Crippen molar-refractivity contribution in [1.82, 2.24) is 0 Å². The molecule has 0 spiro atoms. The van der Waals surface area contributed by atoms with Gasteiger partial charge in [0.25, 0.3) is 0 Å². The molecule has 0 aromatic heterocycles. The summed E-state index contributed by atoms with van der Waals surface area (Å²) in [5.74, 6) is 3.82. The van der Waals surface area contributed by atoms with Gasteiger partial charge in [0.1, 0.15) is 123 Å². The van der Waals surface area contributed by atoms with Crippen molar-refractivity contribution in [3.05, 3.63) is 382 Å². The van der Waals surface area contributed by atoms with Crippen LogP contribution in [0.3, 0.4) is 0 Å². The molecule has 1 aliphatic heterocycles.